The number of rotatable bonds is 5. The molecule has 2 rings (SSSR count). The Morgan fingerprint density at radius 1 is 1.56 bits per heavy atom. The summed E-state index contributed by atoms with van der Waals surface area (Å²) in [6, 6.07) is 3.72. The third-order valence-corrected chi connectivity index (χ3v) is 3.43. The predicted octanol–water partition coefficient (Wildman–Crippen LogP) is 1.25. The van der Waals surface area contributed by atoms with Gasteiger partial charge in [0.15, 0.2) is 5.16 Å². The first-order valence-corrected chi connectivity index (χ1v) is 6.67. The number of thioether (sulfide) groups is 1. The standard InChI is InChI=1S/C11H15N5OS/c1-2-5-16-10(17)14-15-11(16)18-7-8-3-4-13-9(12)6-8/h3-4,6H,2,5,7H2,1H3,(H2,12,13)(H,14,17). The van der Waals surface area contributed by atoms with Crippen molar-refractivity contribution in [3.8, 4) is 0 Å². The first-order chi connectivity index (χ1) is 8.70. The fraction of sp³-hybridized carbons (Fsp3) is 0.364. The van der Waals surface area contributed by atoms with Crippen LogP contribution < -0.4 is 11.4 Å². The van der Waals surface area contributed by atoms with Crippen LogP contribution >= 0.6 is 11.8 Å². The van der Waals surface area contributed by atoms with Crippen molar-refractivity contribution in [1.82, 2.24) is 19.7 Å². The Labute approximate surface area is 109 Å². The van der Waals surface area contributed by atoms with E-state index in [-0.39, 0.29) is 5.69 Å². The highest BCUT2D eigenvalue weighted by molar-refractivity contribution is 7.98. The Morgan fingerprint density at radius 3 is 3.11 bits per heavy atom. The van der Waals surface area contributed by atoms with Gasteiger partial charge in [-0.15, -0.1) is 5.10 Å². The van der Waals surface area contributed by atoms with Gasteiger partial charge in [-0.1, -0.05) is 18.7 Å². The number of aromatic nitrogens is 4. The third kappa shape index (κ3) is 2.92. The second-order valence-corrected chi connectivity index (χ2v) is 4.78. The first-order valence-electron chi connectivity index (χ1n) is 5.69. The van der Waals surface area contributed by atoms with Gasteiger partial charge < -0.3 is 5.73 Å². The zero-order chi connectivity index (χ0) is 13.0. The summed E-state index contributed by atoms with van der Waals surface area (Å²) in [5.41, 5.74) is 6.51. The minimum absolute atomic E-state index is 0.159. The normalized spacial score (nSPS) is 10.7. The summed E-state index contributed by atoms with van der Waals surface area (Å²) in [7, 11) is 0. The van der Waals surface area contributed by atoms with Crippen LogP contribution in [0.5, 0.6) is 0 Å². The number of nitrogen functional groups attached to an aromatic ring is 1. The minimum Gasteiger partial charge on any atom is -0.384 e. The number of nitrogens with two attached hydrogens (primary N) is 1. The molecule has 0 aliphatic carbocycles. The van der Waals surface area contributed by atoms with E-state index in [1.165, 1.54) is 11.8 Å². The van der Waals surface area contributed by atoms with E-state index in [1.807, 2.05) is 19.1 Å². The molecule has 0 saturated carbocycles. The quantitative estimate of drug-likeness (QED) is 0.794. The molecule has 7 heteroatoms. The molecule has 96 valence electrons. The van der Waals surface area contributed by atoms with Gasteiger partial charge in [-0.3, -0.25) is 4.57 Å². The Morgan fingerprint density at radius 2 is 2.39 bits per heavy atom. The van der Waals surface area contributed by atoms with Crippen LogP contribution in [-0.4, -0.2) is 19.7 Å². The fourth-order valence-corrected chi connectivity index (χ4v) is 2.48. The van der Waals surface area contributed by atoms with Gasteiger partial charge in [-0.2, -0.15) is 0 Å². The van der Waals surface area contributed by atoms with Crippen LogP contribution in [0.1, 0.15) is 18.9 Å². The summed E-state index contributed by atoms with van der Waals surface area (Å²) in [6.45, 7) is 2.70. The molecule has 0 aliphatic rings. The van der Waals surface area contributed by atoms with Crippen molar-refractivity contribution >= 4 is 17.6 Å². The zero-order valence-electron chi connectivity index (χ0n) is 10.1. The van der Waals surface area contributed by atoms with Gasteiger partial charge in [0, 0.05) is 18.5 Å². The second kappa shape index (κ2) is 5.72. The molecule has 0 spiro atoms. The van der Waals surface area contributed by atoms with Gasteiger partial charge in [-0.05, 0) is 24.1 Å². The fourth-order valence-electron chi connectivity index (χ4n) is 1.57. The molecule has 0 unspecified atom stereocenters. The molecule has 2 heterocycles. The number of nitrogens with zero attached hydrogens (tertiary/aromatic N) is 3. The van der Waals surface area contributed by atoms with E-state index in [0.29, 0.717) is 23.3 Å². The van der Waals surface area contributed by atoms with Crippen molar-refractivity contribution in [1.29, 1.82) is 0 Å². The van der Waals surface area contributed by atoms with Gasteiger partial charge in [0.2, 0.25) is 0 Å². The maximum atomic E-state index is 11.5. The Bertz CT molecular complexity index is 577. The van der Waals surface area contributed by atoms with Crippen LogP contribution in [0.15, 0.2) is 28.3 Å². The van der Waals surface area contributed by atoms with E-state index < -0.39 is 0 Å². The van der Waals surface area contributed by atoms with Crippen molar-refractivity contribution in [2.75, 3.05) is 5.73 Å². The molecule has 0 radical (unpaired) electrons. The number of anilines is 1. The van der Waals surface area contributed by atoms with E-state index in [9.17, 15) is 4.79 Å². The van der Waals surface area contributed by atoms with Crippen molar-refractivity contribution < 1.29 is 0 Å². The second-order valence-electron chi connectivity index (χ2n) is 3.84. The molecule has 0 amide bonds. The lowest BCUT2D eigenvalue weighted by Gasteiger charge is -2.04. The highest BCUT2D eigenvalue weighted by atomic mass is 32.2. The molecular weight excluding hydrogens is 250 g/mol. The topological polar surface area (TPSA) is 89.6 Å². The Hall–Kier alpha value is -1.76. The van der Waals surface area contributed by atoms with Gasteiger partial charge in [-0.25, -0.2) is 14.9 Å². The zero-order valence-corrected chi connectivity index (χ0v) is 10.9. The monoisotopic (exact) mass is 265 g/mol. The summed E-state index contributed by atoms with van der Waals surface area (Å²) >= 11 is 1.51. The van der Waals surface area contributed by atoms with Crippen molar-refractivity contribution in [2.45, 2.75) is 30.8 Å². The lowest BCUT2D eigenvalue weighted by atomic mass is 10.3. The molecule has 18 heavy (non-hydrogen) atoms. The summed E-state index contributed by atoms with van der Waals surface area (Å²) in [5.74, 6) is 1.21. The van der Waals surface area contributed by atoms with Gasteiger partial charge in [0.05, 0.1) is 0 Å². The molecule has 2 aromatic heterocycles. The molecule has 0 saturated heterocycles. The van der Waals surface area contributed by atoms with Crippen molar-refractivity contribution in [2.24, 2.45) is 0 Å². The molecule has 6 nitrogen and oxygen atoms in total. The Kier molecular flexibility index (Phi) is 4.03. The predicted molar refractivity (Wildman–Crippen MR) is 71.3 cm³/mol. The van der Waals surface area contributed by atoms with Crippen LogP contribution in [0.3, 0.4) is 0 Å². The molecule has 0 bridgehead atoms. The molecule has 0 aliphatic heterocycles. The van der Waals surface area contributed by atoms with Crippen molar-refractivity contribution in [3.05, 3.63) is 34.4 Å². The van der Waals surface area contributed by atoms with E-state index in [2.05, 4.69) is 15.2 Å². The molecule has 0 fully saturated rings. The average Bonchev–Trinajstić information content (AvgIpc) is 2.69. The average molecular weight is 265 g/mol. The SMILES string of the molecule is CCCn1c(SCc2ccnc(N)c2)n[nH]c1=O. The van der Waals surface area contributed by atoms with E-state index in [0.717, 1.165) is 12.0 Å². The lowest BCUT2D eigenvalue weighted by molar-refractivity contribution is 0.604. The van der Waals surface area contributed by atoms with Crippen LogP contribution in [-0.2, 0) is 12.3 Å². The maximum Gasteiger partial charge on any atom is 0.343 e. The summed E-state index contributed by atoms with van der Waals surface area (Å²) < 4.78 is 1.65. The van der Waals surface area contributed by atoms with E-state index >= 15 is 0 Å². The highest BCUT2D eigenvalue weighted by Gasteiger charge is 2.08. The summed E-state index contributed by atoms with van der Waals surface area (Å²) in [6.07, 6.45) is 2.57. The van der Waals surface area contributed by atoms with Gasteiger partial charge >= 0.3 is 5.69 Å². The van der Waals surface area contributed by atoms with E-state index in [4.69, 9.17) is 5.73 Å². The maximum absolute atomic E-state index is 11.5. The number of nitrogens with one attached hydrogen (secondary N) is 1. The summed E-state index contributed by atoms with van der Waals surface area (Å²) in [4.78, 5) is 15.4. The van der Waals surface area contributed by atoms with E-state index in [1.54, 1.807) is 10.8 Å². The van der Waals surface area contributed by atoms with Gasteiger partial charge in [0.1, 0.15) is 5.82 Å². The van der Waals surface area contributed by atoms with Crippen LogP contribution in [0.2, 0.25) is 0 Å². The number of hydrogen-bond acceptors (Lipinski definition) is 5. The number of hydrogen-bond donors (Lipinski definition) is 2. The van der Waals surface area contributed by atoms with Gasteiger partial charge in [0.25, 0.3) is 0 Å². The van der Waals surface area contributed by atoms with Crippen LogP contribution in [0.25, 0.3) is 0 Å². The molecule has 0 aromatic carbocycles. The number of pyridine rings is 1. The summed E-state index contributed by atoms with van der Waals surface area (Å²) in [5, 5.41) is 7.19. The number of H-pyrrole nitrogens is 1. The molecule has 0 atom stereocenters. The molecule has 2 aromatic rings. The highest BCUT2D eigenvalue weighted by Crippen LogP contribution is 2.20. The number of aromatic amines is 1. The van der Waals surface area contributed by atoms with Crippen molar-refractivity contribution in [3.63, 3.8) is 0 Å². The molecular formula is C11H15N5OS. The minimum atomic E-state index is -0.159. The van der Waals surface area contributed by atoms with Crippen LogP contribution in [0, 0.1) is 0 Å². The first kappa shape index (κ1) is 12.7. The molecule has 3 N–H and O–H groups in total. The largest absolute Gasteiger partial charge is 0.384 e. The third-order valence-electron chi connectivity index (χ3n) is 2.38. The lowest BCUT2D eigenvalue weighted by Crippen LogP contribution is -2.17. The van der Waals surface area contributed by atoms with Crippen LogP contribution in [0.4, 0.5) is 5.82 Å². The Balaban J connectivity index is 2.08. The smallest absolute Gasteiger partial charge is 0.343 e.